The minimum atomic E-state index is -2.27. The molecule has 1 aromatic carbocycles. The summed E-state index contributed by atoms with van der Waals surface area (Å²) in [5.74, 6) is -1.36. The monoisotopic (exact) mass is 293 g/mol. The molecule has 18 heavy (non-hydrogen) atoms. The van der Waals surface area contributed by atoms with Gasteiger partial charge in [0.25, 0.3) is 0 Å². The summed E-state index contributed by atoms with van der Waals surface area (Å²) in [4.78, 5) is 15.2. The van der Waals surface area contributed by atoms with E-state index in [-0.39, 0.29) is 22.0 Å². The fraction of sp³-hybridized carbons (Fsp3) is 0.200. The van der Waals surface area contributed by atoms with E-state index in [0.717, 1.165) is 17.4 Å². The number of carbonyl (C=O) groups excluding carboxylic acids is 1. The van der Waals surface area contributed by atoms with Crippen LogP contribution in [-0.4, -0.2) is 26.3 Å². The Bertz CT molecular complexity index is 640. The highest BCUT2D eigenvalue weighted by atomic mass is 32.2. The van der Waals surface area contributed by atoms with Gasteiger partial charge in [-0.05, 0) is 19.1 Å². The van der Waals surface area contributed by atoms with E-state index >= 15 is 0 Å². The number of esters is 1. The summed E-state index contributed by atoms with van der Waals surface area (Å²) in [5, 5.41) is 0. The van der Waals surface area contributed by atoms with Crippen molar-refractivity contribution in [2.24, 2.45) is 0 Å². The third kappa shape index (κ3) is 2.40. The van der Waals surface area contributed by atoms with Crippen molar-refractivity contribution in [3.8, 4) is 0 Å². The molecule has 8 heteroatoms. The smallest absolute Gasteiger partial charge is 0.338 e. The normalized spacial score (nSPS) is 12.6. The van der Waals surface area contributed by atoms with Crippen molar-refractivity contribution >= 4 is 38.6 Å². The first kappa shape index (κ1) is 13.1. The van der Waals surface area contributed by atoms with Crippen LogP contribution in [0.5, 0.6) is 0 Å². The minimum Gasteiger partial charge on any atom is -0.462 e. The highest BCUT2D eigenvalue weighted by molar-refractivity contribution is 7.81. The number of hydrogen-bond donors (Lipinski definition) is 1. The molecule has 0 aliphatic heterocycles. The van der Waals surface area contributed by atoms with Gasteiger partial charge in [0.05, 0.1) is 16.9 Å². The fourth-order valence-corrected chi connectivity index (χ4v) is 2.85. The molecule has 0 amide bonds. The SMILES string of the molecule is CCOC(=O)c1cc(F)c2nc(S(=[18O])[18OH])sc2c1. The average Bonchev–Trinajstić information content (AvgIpc) is 2.73. The van der Waals surface area contributed by atoms with E-state index in [4.69, 9.17) is 9.29 Å². The highest BCUT2D eigenvalue weighted by Gasteiger charge is 2.16. The van der Waals surface area contributed by atoms with Gasteiger partial charge < -0.3 is 9.29 Å². The minimum absolute atomic E-state index is 0.0227. The molecule has 2 aromatic rings. The zero-order chi connectivity index (χ0) is 13.3. The number of thiazole rings is 1. The summed E-state index contributed by atoms with van der Waals surface area (Å²) >= 11 is -1.41. The maximum atomic E-state index is 13.7. The molecule has 0 fully saturated rings. The highest BCUT2D eigenvalue weighted by Crippen LogP contribution is 2.27. The van der Waals surface area contributed by atoms with Gasteiger partial charge in [-0.15, -0.1) is 11.3 Å². The van der Waals surface area contributed by atoms with Gasteiger partial charge in [-0.25, -0.2) is 18.4 Å². The predicted octanol–water partition coefficient (Wildman–Crippen LogP) is 2.19. The molecule has 0 bridgehead atoms. The standard InChI is InChI=1S/C10H8FNO4S2/c1-2-16-9(13)5-3-6(11)8-7(4-5)17-10(12-8)18(14)15/h3-4H,2H2,1H3,(H,14,15)/i14+2,15+2. The van der Waals surface area contributed by atoms with Crippen LogP contribution in [0.1, 0.15) is 17.3 Å². The van der Waals surface area contributed by atoms with Gasteiger partial charge in [0.2, 0.25) is 15.4 Å². The van der Waals surface area contributed by atoms with Crippen LogP contribution in [0.2, 0.25) is 0 Å². The summed E-state index contributed by atoms with van der Waals surface area (Å²) in [6.07, 6.45) is 0. The largest absolute Gasteiger partial charge is 0.462 e. The lowest BCUT2D eigenvalue weighted by atomic mass is 10.2. The van der Waals surface area contributed by atoms with Crippen LogP contribution in [0.25, 0.3) is 10.2 Å². The van der Waals surface area contributed by atoms with Gasteiger partial charge in [0.15, 0.2) is 5.82 Å². The van der Waals surface area contributed by atoms with Crippen LogP contribution >= 0.6 is 11.3 Å². The quantitative estimate of drug-likeness (QED) is 0.533. The Morgan fingerprint density at radius 1 is 1.67 bits per heavy atom. The van der Waals surface area contributed by atoms with Crippen molar-refractivity contribution in [3.63, 3.8) is 0 Å². The molecule has 5 nitrogen and oxygen atoms in total. The average molecular weight is 293 g/mol. The topological polar surface area (TPSA) is 76.5 Å². The van der Waals surface area contributed by atoms with Gasteiger partial charge in [-0.3, -0.25) is 0 Å². The van der Waals surface area contributed by atoms with Crippen LogP contribution in [-0.2, 0) is 15.8 Å². The lowest BCUT2D eigenvalue weighted by molar-refractivity contribution is 0.0526. The molecule has 1 aromatic heterocycles. The van der Waals surface area contributed by atoms with E-state index in [1.807, 2.05) is 0 Å². The number of aromatic nitrogens is 1. The molecule has 1 heterocycles. The second-order valence-electron chi connectivity index (χ2n) is 3.25. The van der Waals surface area contributed by atoms with E-state index in [1.54, 1.807) is 6.92 Å². The van der Waals surface area contributed by atoms with Crippen molar-refractivity contribution in [3.05, 3.63) is 23.5 Å². The van der Waals surface area contributed by atoms with Crippen molar-refractivity contribution in [2.45, 2.75) is 11.3 Å². The number of nitrogens with zero attached hydrogens (tertiary/aromatic N) is 1. The Labute approximate surface area is 108 Å². The zero-order valence-corrected chi connectivity index (χ0v) is 10.8. The molecule has 2 rings (SSSR count). The Morgan fingerprint density at radius 3 is 3.00 bits per heavy atom. The Hall–Kier alpha value is -1.38. The van der Waals surface area contributed by atoms with Crippen LogP contribution in [0.4, 0.5) is 4.39 Å². The van der Waals surface area contributed by atoms with Crippen LogP contribution in [0.3, 0.4) is 0 Å². The second-order valence-corrected chi connectivity index (χ2v) is 5.43. The summed E-state index contributed by atoms with van der Waals surface area (Å²) in [7, 11) is 0. The van der Waals surface area contributed by atoms with E-state index < -0.39 is 22.9 Å². The van der Waals surface area contributed by atoms with Gasteiger partial charge in [0, 0.05) is 0 Å². The second kappa shape index (κ2) is 5.09. The molecule has 0 spiro atoms. The van der Waals surface area contributed by atoms with Gasteiger partial charge in [0.1, 0.15) is 5.52 Å². The van der Waals surface area contributed by atoms with Crippen molar-refractivity contribution in [1.82, 2.24) is 4.98 Å². The summed E-state index contributed by atoms with van der Waals surface area (Å²) < 4.78 is 38.4. The van der Waals surface area contributed by atoms with E-state index in [0.29, 0.717) is 4.70 Å². The van der Waals surface area contributed by atoms with Crippen LogP contribution < -0.4 is 0 Å². The van der Waals surface area contributed by atoms with Crippen molar-refractivity contribution in [1.29, 1.82) is 0 Å². The Balaban J connectivity index is 2.54. The number of hydrogen-bond acceptors (Lipinski definition) is 5. The number of benzene rings is 1. The number of carbonyl (C=O) groups is 1. The number of ether oxygens (including phenoxy) is 1. The molecular formula is C10H8FNO4S2. The number of fused-ring (bicyclic) bond motifs is 1. The number of halogens is 1. The molecular weight excluding hydrogens is 285 g/mol. The molecule has 1 unspecified atom stereocenters. The lowest BCUT2D eigenvalue weighted by Gasteiger charge is -2.01. The molecule has 0 radical (unpaired) electrons. The van der Waals surface area contributed by atoms with E-state index in [1.165, 1.54) is 6.07 Å². The van der Waals surface area contributed by atoms with Gasteiger partial charge in [-0.2, -0.15) is 0 Å². The Kier molecular flexibility index (Phi) is 3.69. The fourth-order valence-electron chi connectivity index (χ4n) is 1.38. The zero-order valence-electron chi connectivity index (χ0n) is 9.18. The van der Waals surface area contributed by atoms with Crippen molar-refractivity contribution in [2.75, 3.05) is 6.61 Å². The molecule has 96 valence electrons. The molecule has 1 atom stereocenters. The lowest BCUT2D eigenvalue weighted by Crippen LogP contribution is -2.04. The number of rotatable bonds is 3. The molecule has 0 aliphatic rings. The van der Waals surface area contributed by atoms with Gasteiger partial charge >= 0.3 is 5.97 Å². The molecule has 0 saturated carbocycles. The Morgan fingerprint density at radius 2 is 2.39 bits per heavy atom. The van der Waals surface area contributed by atoms with Gasteiger partial charge in [-0.1, -0.05) is 0 Å². The van der Waals surface area contributed by atoms with Crippen LogP contribution in [0, 0.1) is 5.82 Å². The first-order chi connectivity index (χ1) is 8.52. The van der Waals surface area contributed by atoms with Crippen LogP contribution in [0.15, 0.2) is 16.5 Å². The van der Waals surface area contributed by atoms with Crippen molar-refractivity contribution < 1.29 is 22.7 Å². The predicted molar refractivity (Wildman–Crippen MR) is 64.6 cm³/mol. The van der Waals surface area contributed by atoms with E-state index in [9.17, 15) is 13.4 Å². The maximum Gasteiger partial charge on any atom is 0.338 e. The molecule has 0 aliphatic carbocycles. The third-order valence-electron chi connectivity index (χ3n) is 2.09. The first-order valence-electron chi connectivity index (χ1n) is 4.91. The summed E-state index contributed by atoms with van der Waals surface area (Å²) in [6, 6.07) is 2.40. The van der Waals surface area contributed by atoms with E-state index in [2.05, 4.69) is 4.98 Å². The first-order valence-corrected chi connectivity index (χ1v) is 6.83. The summed E-state index contributed by atoms with van der Waals surface area (Å²) in [5.41, 5.74) is 0.0335. The summed E-state index contributed by atoms with van der Waals surface area (Å²) in [6.45, 7) is 1.83. The third-order valence-corrected chi connectivity index (χ3v) is 3.95. The molecule has 0 saturated heterocycles. The maximum absolute atomic E-state index is 13.7. The molecule has 1 N–H and O–H groups in total.